The maximum atomic E-state index is 8.45. The number of rotatable bonds is 1. The molecular weight excluding hydrogens is 186 g/mol. The van der Waals surface area contributed by atoms with Crippen molar-refractivity contribution < 1.29 is 0 Å². The maximum absolute atomic E-state index is 8.45. The van der Waals surface area contributed by atoms with Crippen LogP contribution in [0.3, 0.4) is 0 Å². The molecule has 1 heterocycles. The van der Waals surface area contributed by atoms with Gasteiger partial charge in [0.05, 0.1) is 28.5 Å². The second-order valence-corrected chi connectivity index (χ2v) is 3.15. The van der Waals surface area contributed by atoms with Crippen molar-refractivity contribution in [3.8, 4) is 6.07 Å². The summed E-state index contributed by atoms with van der Waals surface area (Å²) in [6, 6.07) is 9.63. The van der Waals surface area contributed by atoms with Gasteiger partial charge in [-0.15, -0.1) is 0 Å². The van der Waals surface area contributed by atoms with Gasteiger partial charge in [-0.1, -0.05) is 12.1 Å². The van der Waals surface area contributed by atoms with Crippen LogP contribution in [0.25, 0.3) is 17.1 Å². The summed E-state index contributed by atoms with van der Waals surface area (Å²) in [5.41, 5.74) is 3.31. The molecule has 2 rings (SSSR count). The molecule has 0 aliphatic heterocycles. The van der Waals surface area contributed by atoms with Crippen LogP contribution in [0, 0.1) is 18.3 Å². The fourth-order valence-electron chi connectivity index (χ4n) is 1.38. The van der Waals surface area contributed by atoms with E-state index in [2.05, 4.69) is 9.97 Å². The van der Waals surface area contributed by atoms with Gasteiger partial charge < -0.3 is 0 Å². The molecule has 0 aliphatic carbocycles. The summed E-state index contributed by atoms with van der Waals surface area (Å²) in [4.78, 5) is 8.82. The van der Waals surface area contributed by atoms with E-state index in [4.69, 9.17) is 5.26 Å². The highest BCUT2D eigenvalue weighted by Gasteiger charge is 2.00. The Morgan fingerprint density at radius 2 is 1.87 bits per heavy atom. The monoisotopic (exact) mass is 195 g/mol. The first-order valence-corrected chi connectivity index (χ1v) is 4.61. The van der Waals surface area contributed by atoms with E-state index in [9.17, 15) is 0 Å². The largest absolute Gasteiger partial charge is 0.249 e. The molecule has 0 unspecified atom stereocenters. The van der Waals surface area contributed by atoms with Crippen LogP contribution in [-0.2, 0) is 0 Å². The summed E-state index contributed by atoms with van der Waals surface area (Å²) in [6.45, 7) is 1.89. The molecule has 1 aromatic heterocycles. The van der Waals surface area contributed by atoms with Gasteiger partial charge >= 0.3 is 0 Å². The van der Waals surface area contributed by atoms with Crippen LogP contribution in [-0.4, -0.2) is 9.97 Å². The van der Waals surface area contributed by atoms with Crippen molar-refractivity contribution >= 4 is 17.1 Å². The van der Waals surface area contributed by atoms with Gasteiger partial charge in [0, 0.05) is 6.08 Å². The van der Waals surface area contributed by atoms with E-state index in [0.717, 1.165) is 22.4 Å². The highest BCUT2D eigenvalue weighted by Crippen LogP contribution is 2.12. The summed E-state index contributed by atoms with van der Waals surface area (Å²) in [6.07, 6.45) is 3.08. The standard InChI is InChI=1S/C12H9N3/c1-9-10(7-4-8-13)15-12-6-3-2-5-11(12)14-9/h2-7H,1H3/b7-4+. The van der Waals surface area contributed by atoms with Crippen LogP contribution in [0.4, 0.5) is 0 Å². The van der Waals surface area contributed by atoms with Gasteiger partial charge in [0.25, 0.3) is 0 Å². The normalized spacial score (nSPS) is 10.7. The average molecular weight is 195 g/mol. The first kappa shape index (κ1) is 9.35. The predicted octanol–water partition coefficient (Wildman–Crippen LogP) is 2.48. The van der Waals surface area contributed by atoms with E-state index in [1.54, 1.807) is 6.08 Å². The van der Waals surface area contributed by atoms with Crippen molar-refractivity contribution in [2.75, 3.05) is 0 Å². The second-order valence-electron chi connectivity index (χ2n) is 3.15. The Morgan fingerprint density at radius 1 is 1.20 bits per heavy atom. The van der Waals surface area contributed by atoms with Crippen molar-refractivity contribution in [3.05, 3.63) is 41.7 Å². The maximum Gasteiger partial charge on any atom is 0.0912 e. The minimum absolute atomic E-state index is 0.746. The summed E-state index contributed by atoms with van der Waals surface area (Å²) in [5.74, 6) is 0. The molecule has 3 nitrogen and oxygen atoms in total. The Kier molecular flexibility index (Phi) is 2.42. The molecule has 2 aromatic rings. The molecule has 0 radical (unpaired) electrons. The van der Waals surface area contributed by atoms with Gasteiger partial charge in [0.15, 0.2) is 0 Å². The highest BCUT2D eigenvalue weighted by molar-refractivity contribution is 5.75. The molecule has 0 saturated carbocycles. The van der Waals surface area contributed by atoms with Crippen LogP contribution in [0.2, 0.25) is 0 Å². The van der Waals surface area contributed by atoms with E-state index in [1.807, 2.05) is 37.3 Å². The van der Waals surface area contributed by atoms with Gasteiger partial charge in [-0.25, -0.2) is 9.97 Å². The molecule has 0 aliphatic rings. The van der Waals surface area contributed by atoms with Crippen LogP contribution < -0.4 is 0 Å². The number of nitrogens with zero attached hydrogens (tertiary/aromatic N) is 3. The van der Waals surface area contributed by atoms with Gasteiger partial charge in [-0.2, -0.15) is 5.26 Å². The van der Waals surface area contributed by atoms with Crippen molar-refractivity contribution in [2.24, 2.45) is 0 Å². The van der Waals surface area contributed by atoms with E-state index in [-0.39, 0.29) is 0 Å². The number of hydrogen-bond donors (Lipinski definition) is 0. The predicted molar refractivity (Wildman–Crippen MR) is 58.9 cm³/mol. The summed E-state index contributed by atoms with van der Waals surface area (Å²) >= 11 is 0. The lowest BCUT2D eigenvalue weighted by Gasteiger charge is -2.01. The molecule has 0 N–H and O–H groups in total. The lowest BCUT2D eigenvalue weighted by Crippen LogP contribution is -1.92. The van der Waals surface area contributed by atoms with Gasteiger partial charge in [0.2, 0.25) is 0 Å². The fourth-order valence-corrected chi connectivity index (χ4v) is 1.38. The zero-order chi connectivity index (χ0) is 10.7. The Labute approximate surface area is 87.7 Å². The summed E-state index contributed by atoms with van der Waals surface area (Å²) < 4.78 is 0. The SMILES string of the molecule is Cc1nc2ccccc2nc1/C=C/C#N. The third-order valence-corrected chi connectivity index (χ3v) is 2.10. The van der Waals surface area contributed by atoms with Crippen LogP contribution in [0.5, 0.6) is 0 Å². The zero-order valence-corrected chi connectivity index (χ0v) is 8.31. The Morgan fingerprint density at radius 3 is 2.53 bits per heavy atom. The highest BCUT2D eigenvalue weighted by atomic mass is 14.8. The smallest absolute Gasteiger partial charge is 0.0912 e. The molecule has 3 heteroatoms. The van der Waals surface area contributed by atoms with Gasteiger partial charge in [-0.05, 0) is 25.1 Å². The third kappa shape index (κ3) is 1.84. The van der Waals surface area contributed by atoms with Crippen molar-refractivity contribution in [3.63, 3.8) is 0 Å². The lowest BCUT2D eigenvalue weighted by molar-refractivity contribution is 1.16. The number of hydrogen-bond acceptors (Lipinski definition) is 3. The molecule has 0 spiro atoms. The number of para-hydroxylation sites is 2. The Bertz CT molecular complexity index is 565. The Balaban J connectivity index is 2.63. The molecule has 0 bridgehead atoms. The quantitative estimate of drug-likeness (QED) is 0.657. The minimum atomic E-state index is 0.746. The number of aromatic nitrogens is 2. The van der Waals surface area contributed by atoms with Crippen molar-refractivity contribution in [2.45, 2.75) is 6.92 Å². The lowest BCUT2D eigenvalue weighted by atomic mass is 10.2. The fraction of sp³-hybridized carbons (Fsp3) is 0.0833. The molecule has 0 amide bonds. The minimum Gasteiger partial charge on any atom is -0.249 e. The number of fused-ring (bicyclic) bond motifs is 1. The summed E-state index contributed by atoms with van der Waals surface area (Å²) in [5, 5.41) is 8.45. The molecule has 0 saturated heterocycles. The van der Waals surface area contributed by atoms with E-state index in [0.29, 0.717) is 0 Å². The number of nitriles is 1. The zero-order valence-electron chi connectivity index (χ0n) is 8.31. The van der Waals surface area contributed by atoms with Crippen LogP contribution in [0.15, 0.2) is 30.3 Å². The molecule has 72 valence electrons. The van der Waals surface area contributed by atoms with Gasteiger partial charge in [-0.3, -0.25) is 0 Å². The first-order valence-electron chi connectivity index (χ1n) is 4.61. The number of allylic oxidation sites excluding steroid dienone is 1. The Hall–Kier alpha value is -2.21. The molecule has 0 fully saturated rings. The topological polar surface area (TPSA) is 49.6 Å². The molecule has 15 heavy (non-hydrogen) atoms. The molecule has 0 atom stereocenters. The second kappa shape index (κ2) is 3.89. The first-order chi connectivity index (χ1) is 7.31. The van der Waals surface area contributed by atoms with Crippen molar-refractivity contribution in [1.29, 1.82) is 5.26 Å². The van der Waals surface area contributed by atoms with Gasteiger partial charge in [0.1, 0.15) is 0 Å². The van der Waals surface area contributed by atoms with Crippen LogP contribution in [0.1, 0.15) is 11.4 Å². The van der Waals surface area contributed by atoms with Crippen LogP contribution >= 0.6 is 0 Å². The number of aryl methyl sites for hydroxylation is 1. The summed E-state index contributed by atoms with van der Waals surface area (Å²) in [7, 11) is 0. The van der Waals surface area contributed by atoms with Crippen molar-refractivity contribution in [1.82, 2.24) is 9.97 Å². The number of benzene rings is 1. The third-order valence-electron chi connectivity index (χ3n) is 2.10. The van der Waals surface area contributed by atoms with E-state index >= 15 is 0 Å². The molecule has 1 aromatic carbocycles. The average Bonchev–Trinajstić information content (AvgIpc) is 2.26. The molecular formula is C12H9N3. The van der Waals surface area contributed by atoms with E-state index in [1.165, 1.54) is 6.08 Å². The van der Waals surface area contributed by atoms with E-state index < -0.39 is 0 Å².